The summed E-state index contributed by atoms with van der Waals surface area (Å²) in [6.45, 7) is 1.66. The second-order valence-electron chi connectivity index (χ2n) is 4.34. The molecule has 0 fully saturated rings. The third-order valence-corrected chi connectivity index (χ3v) is 3.76. The fourth-order valence-electron chi connectivity index (χ4n) is 1.75. The van der Waals surface area contributed by atoms with Crippen LogP contribution in [0.15, 0.2) is 47.6 Å². The first-order valence-corrected chi connectivity index (χ1v) is 7.14. The van der Waals surface area contributed by atoms with Crippen molar-refractivity contribution in [3.8, 4) is 0 Å². The van der Waals surface area contributed by atoms with Crippen molar-refractivity contribution in [2.45, 2.75) is 6.92 Å². The standard InChI is InChI=1S/C15H12FIN2O2/c1-9(19-21)10-3-2-4-12(7-10)18-15(20)13-6-5-11(16)8-14(13)17/h2-8,21H,1H3,(H,18,20)/b19-9-. The number of nitrogens with one attached hydrogen (secondary N) is 1. The van der Waals surface area contributed by atoms with Crippen LogP contribution in [0.2, 0.25) is 0 Å². The van der Waals surface area contributed by atoms with E-state index in [1.54, 1.807) is 31.2 Å². The highest BCUT2D eigenvalue weighted by Crippen LogP contribution is 2.17. The number of benzene rings is 2. The summed E-state index contributed by atoms with van der Waals surface area (Å²) in [5.74, 6) is -0.706. The Kier molecular flexibility index (Phi) is 4.89. The summed E-state index contributed by atoms with van der Waals surface area (Å²) in [7, 11) is 0. The van der Waals surface area contributed by atoms with Gasteiger partial charge in [-0.15, -0.1) is 0 Å². The molecule has 6 heteroatoms. The Morgan fingerprint density at radius 3 is 2.71 bits per heavy atom. The Labute approximate surface area is 134 Å². The van der Waals surface area contributed by atoms with Gasteiger partial charge in [0.1, 0.15) is 5.82 Å². The Hall–Kier alpha value is -1.96. The molecule has 21 heavy (non-hydrogen) atoms. The first-order valence-electron chi connectivity index (χ1n) is 6.07. The molecule has 0 atom stereocenters. The van der Waals surface area contributed by atoms with Crippen molar-refractivity contribution in [2.75, 3.05) is 5.32 Å². The van der Waals surface area contributed by atoms with Crippen LogP contribution in [0.25, 0.3) is 0 Å². The zero-order valence-electron chi connectivity index (χ0n) is 11.1. The van der Waals surface area contributed by atoms with Gasteiger partial charge in [-0.25, -0.2) is 4.39 Å². The number of hydrogen-bond acceptors (Lipinski definition) is 3. The van der Waals surface area contributed by atoms with Gasteiger partial charge in [0.2, 0.25) is 0 Å². The van der Waals surface area contributed by atoms with Gasteiger partial charge in [0.25, 0.3) is 5.91 Å². The third-order valence-electron chi connectivity index (χ3n) is 2.86. The maximum absolute atomic E-state index is 13.0. The predicted octanol–water partition coefficient (Wildman–Crippen LogP) is 3.88. The highest BCUT2D eigenvalue weighted by molar-refractivity contribution is 14.1. The van der Waals surface area contributed by atoms with E-state index in [4.69, 9.17) is 5.21 Å². The van der Waals surface area contributed by atoms with E-state index in [2.05, 4.69) is 10.5 Å². The lowest BCUT2D eigenvalue weighted by Gasteiger charge is -2.08. The van der Waals surface area contributed by atoms with E-state index in [-0.39, 0.29) is 11.7 Å². The van der Waals surface area contributed by atoms with Gasteiger partial charge in [-0.3, -0.25) is 4.79 Å². The molecule has 0 radical (unpaired) electrons. The van der Waals surface area contributed by atoms with Crippen LogP contribution in [0.1, 0.15) is 22.8 Å². The molecule has 0 heterocycles. The second kappa shape index (κ2) is 6.66. The van der Waals surface area contributed by atoms with Crippen LogP contribution in [0, 0.1) is 9.39 Å². The van der Waals surface area contributed by atoms with Gasteiger partial charge >= 0.3 is 0 Å². The van der Waals surface area contributed by atoms with Gasteiger partial charge in [-0.1, -0.05) is 17.3 Å². The fraction of sp³-hybridized carbons (Fsp3) is 0.0667. The summed E-state index contributed by atoms with van der Waals surface area (Å²) in [5.41, 5.74) is 2.11. The normalized spacial score (nSPS) is 11.3. The van der Waals surface area contributed by atoms with E-state index in [9.17, 15) is 9.18 Å². The van der Waals surface area contributed by atoms with Crippen LogP contribution >= 0.6 is 22.6 Å². The molecular weight excluding hydrogens is 386 g/mol. The minimum atomic E-state index is -0.382. The van der Waals surface area contributed by atoms with Gasteiger partial charge in [0, 0.05) is 14.8 Å². The molecule has 0 aliphatic heterocycles. The molecule has 2 aromatic carbocycles. The summed E-state index contributed by atoms with van der Waals surface area (Å²) in [5, 5.41) is 14.6. The Bertz CT molecular complexity index is 717. The quantitative estimate of drug-likeness (QED) is 0.357. The summed E-state index contributed by atoms with van der Waals surface area (Å²) < 4.78 is 13.6. The van der Waals surface area contributed by atoms with Gasteiger partial charge in [0.05, 0.1) is 11.3 Å². The number of amides is 1. The van der Waals surface area contributed by atoms with Crippen molar-refractivity contribution in [1.82, 2.24) is 0 Å². The van der Waals surface area contributed by atoms with Crippen LogP contribution in [-0.4, -0.2) is 16.8 Å². The number of carbonyl (C=O) groups is 1. The van der Waals surface area contributed by atoms with Crippen LogP contribution in [-0.2, 0) is 0 Å². The van der Waals surface area contributed by atoms with E-state index in [1.165, 1.54) is 18.2 Å². The van der Waals surface area contributed by atoms with Crippen LogP contribution in [0.3, 0.4) is 0 Å². The Balaban J connectivity index is 2.23. The molecule has 0 aliphatic rings. The van der Waals surface area contributed by atoms with E-state index in [1.807, 2.05) is 22.6 Å². The zero-order chi connectivity index (χ0) is 15.4. The van der Waals surface area contributed by atoms with Crippen molar-refractivity contribution >= 4 is 39.9 Å². The topological polar surface area (TPSA) is 61.7 Å². The van der Waals surface area contributed by atoms with E-state index < -0.39 is 0 Å². The smallest absolute Gasteiger partial charge is 0.256 e. The maximum Gasteiger partial charge on any atom is 0.256 e. The maximum atomic E-state index is 13.0. The molecule has 0 saturated heterocycles. The lowest BCUT2D eigenvalue weighted by atomic mass is 10.1. The SMILES string of the molecule is C/C(=N/O)c1cccc(NC(=O)c2ccc(F)cc2I)c1. The van der Waals surface area contributed by atoms with Crippen LogP contribution in [0.4, 0.5) is 10.1 Å². The van der Waals surface area contributed by atoms with Crippen LogP contribution in [0.5, 0.6) is 0 Å². The Morgan fingerprint density at radius 1 is 1.29 bits per heavy atom. The van der Waals surface area contributed by atoms with Crippen molar-refractivity contribution in [3.63, 3.8) is 0 Å². The van der Waals surface area contributed by atoms with Crippen molar-refractivity contribution < 1.29 is 14.4 Å². The number of halogens is 2. The molecule has 4 nitrogen and oxygen atoms in total. The van der Waals surface area contributed by atoms with Gasteiger partial charge in [-0.2, -0.15) is 0 Å². The third kappa shape index (κ3) is 3.78. The molecule has 0 aromatic heterocycles. The van der Waals surface area contributed by atoms with Crippen molar-refractivity contribution in [2.24, 2.45) is 5.16 Å². The molecule has 2 N–H and O–H groups in total. The molecule has 2 aromatic rings. The first kappa shape index (κ1) is 15.4. The molecule has 0 spiro atoms. The van der Waals surface area contributed by atoms with E-state index in [0.29, 0.717) is 26.1 Å². The molecule has 0 aliphatic carbocycles. The number of rotatable bonds is 3. The average Bonchev–Trinajstić information content (AvgIpc) is 2.46. The molecule has 0 unspecified atom stereocenters. The largest absolute Gasteiger partial charge is 0.411 e. The second-order valence-corrected chi connectivity index (χ2v) is 5.51. The summed E-state index contributed by atoms with van der Waals surface area (Å²) in [6.07, 6.45) is 0. The highest BCUT2D eigenvalue weighted by atomic mass is 127. The molecule has 0 bridgehead atoms. The number of nitrogens with zero attached hydrogens (tertiary/aromatic N) is 1. The van der Waals surface area contributed by atoms with Gasteiger partial charge in [-0.05, 0) is 59.8 Å². The van der Waals surface area contributed by atoms with Crippen molar-refractivity contribution in [1.29, 1.82) is 0 Å². The van der Waals surface area contributed by atoms with E-state index >= 15 is 0 Å². The van der Waals surface area contributed by atoms with Gasteiger partial charge < -0.3 is 10.5 Å². The average molecular weight is 398 g/mol. The Morgan fingerprint density at radius 2 is 2.05 bits per heavy atom. The summed E-state index contributed by atoms with van der Waals surface area (Å²) in [4.78, 5) is 12.2. The first-order chi connectivity index (χ1) is 10.0. The van der Waals surface area contributed by atoms with Crippen molar-refractivity contribution in [3.05, 3.63) is 63.0 Å². The fourth-order valence-corrected chi connectivity index (χ4v) is 2.47. The van der Waals surface area contributed by atoms with E-state index in [0.717, 1.165) is 0 Å². The molecule has 108 valence electrons. The van der Waals surface area contributed by atoms with Gasteiger partial charge in [0.15, 0.2) is 0 Å². The number of carbonyl (C=O) groups excluding carboxylic acids is 1. The lowest BCUT2D eigenvalue weighted by Crippen LogP contribution is -2.14. The number of oxime groups is 1. The molecule has 2 rings (SSSR count). The lowest BCUT2D eigenvalue weighted by molar-refractivity contribution is 0.102. The number of hydrogen-bond donors (Lipinski definition) is 2. The monoisotopic (exact) mass is 398 g/mol. The minimum Gasteiger partial charge on any atom is -0.411 e. The molecule has 0 saturated carbocycles. The summed E-state index contributed by atoms with van der Waals surface area (Å²) in [6, 6.07) is 10.9. The number of anilines is 1. The molecular formula is C15H12FIN2O2. The van der Waals surface area contributed by atoms with Crippen LogP contribution < -0.4 is 5.32 Å². The highest BCUT2D eigenvalue weighted by Gasteiger charge is 2.11. The zero-order valence-corrected chi connectivity index (χ0v) is 13.3. The summed E-state index contributed by atoms with van der Waals surface area (Å²) >= 11 is 1.91. The molecule has 1 amide bonds. The minimum absolute atomic E-state index is 0.324. The predicted molar refractivity (Wildman–Crippen MR) is 87.5 cm³/mol.